The molecule has 3 rings (SSSR count). The number of imidazole rings is 1. The van der Waals surface area contributed by atoms with Crippen molar-refractivity contribution in [2.75, 3.05) is 11.6 Å². The summed E-state index contributed by atoms with van der Waals surface area (Å²) in [6.07, 6.45) is 2.62. The van der Waals surface area contributed by atoms with Crippen LogP contribution in [0.2, 0.25) is 0 Å². The second-order valence-corrected chi connectivity index (χ2v) is 7.13. The highest BCUT2D eigenvalue weighted by Crippen LogP contribution is 2.23. The second-order valence-electron chi connectivity index (χ2n) is 6.13. The molecule has 24 heavy (non-hydrogen) atoms. The van der Waals surface area contributed by atoms with E-state index in [4.69, 9.17) is 0 Å². The molecule has 128 valence electrons. The number of carbonyl (C=O) groups excluding carboxylic acids is 2. The minimum atomic E-state index is -0.428. The van der Waals surface area contributed by atoms with Gasteiger partial charge in [-0.2, -0.15) is 0 Å². The standard InChI is InChI=1S/C17H22N4O2S/c1-4-11(2)18-16(22)14-9-24-10-21(14)17(23)13-8-20-12(3)6-5-7-15(20)19-13/h5-8,11,14H,4,9-10H2,1-3H3,(H,18,22)/t11-,14+/m0/s1. The molecule has 0 saturated carbocycles. The lowest BCUT2D eigenvalue weighted by Crippen LogP contribution is -2.49. The fraction of sp³-hybridized carbons (Fsp3) is 0.471. The van der Waals surface area contributed by atoms with Crippen LogP contribution in [-0.2, 0) is 4.79 Å². The van der Waals surface area contributed by atoms with Crippen LogP contribution >= 0.6 is 11.8 Å². The molecule has 1 aliphatic rings. The maximum atomic E-state index is 12.9. The van der Waals surface area contributed by atoms with Crippen molar-refractivity contribution in [1.29, 1.82) is 0 Å². The van der Waals surface area contributed by atoms with E-state index in [2.05, 4.69) is 10.3 Å². The SMILES string of the molecule is CC[C@H](C)NC(=O)[C@H]1CSCN1C(=O)c1cn2c(C)cccc2n1. The molecule has 0 radical (unpaired) electrons. The third-order valence-corrected chi connectivity index (χ3v) is 5.37. The lowest BCUT2D eigenvalue weighted by molar-refractivity contribution is -0.125. The average Bonchev–Trinajstić information content (AvgIpc) is 3.21. The van der Waals surface area contributed by atoms with Crippen LogP contribution in [0.25, 0.3) is 5.65 Å². The normalized spacial score (nSPS) is 18.8. The zero-order chi connectivity index (χ0) is 17.3. The van der Waals surface area contributed by atoms with Crippen molar-refractivity contribution in [3.8, 4) is 0 Å². The van der Waals surface area contributed by atoms with Gasteiger partial charge in [-0.15, -0.1) is 11.8 Å². The Morgan fingerprint density at radius 3 is 2.96 bits per heavy atom. The fourth-order valence-electron chi connectivity index (χ4n) is 2.70. The van der Waals surface area contributed by atoms with E-state index in [9.17, 15) is 9.59 Å². The van der Waals surface area contributed by atoms with Gasteiger partial charge in [0, 0.05) is 23.7 Å². The van der Waals surface area contributed by atoms with Crippen LogP contribution in [0.4, 0.5) is 0 Å². The van der Waals surface area contributed by atoms with Crippen molar-refractivity contribution >= 4 is 29.2 Å². The van der Waals surface area contributed by atoms with Crippen LogP contribution < -0.4 is 5.32 Å². The first kappa shape index (κ1) is 16.8. The van der Waals surface area contributed by atoms with Crippen molar-refractivity contribution in [2.24, 2.45) is 0 Å². The predicted molar refractivity (Wildman–Crippen MR) is 95.1 cm³/mol. The van der Waals surface area contributed by atoms with Gasteiger partial charge in [-0.25, -0.2) is 4.98 Å². The number of hydrogen-bond donors (Lipinski definition) is 1. The van der Waals surface area contributed by atoms with Crippen molar-refractivity contribution in [1.82, 2.24) is 19.6 Å². The number of hydrogen-bond acceptors (Lipinski definition) is 4. The maximum Gasteiger partial charge on any atom is 0.275 e. The van der Waals surface area contributed by atoms with Crippen molar-refractivity contribution in [2.45, 2.75) is 39.3 Å². The monoisotopic (exact) mass is 346 g/mol. The summed E-state index contributed by atoms with van der Waals surface area (Å²) in [5, 5.41) is 2.97. The van der Waals surface area contributed by atoms with E-state index < -0.39 is 6.04 Å². The zero-order valence-electron chi connectivity index (χ0n) is 14.2. The third kappa shape index (κ3) is 3.13. The van der Waals surface area contributed by atoms with Gasteiger partial charge >= 0.3 is 0 Å². The van der Waals surface area contributed by atoms with Crippen LogP contribution in [-0.4, -0.2) is 49.8 Å². The van der Waals surface area contributed by atoms with Crippen molar-refractivity contribution < 1.29 is 9.59 Å². The van der Waals surface area contributed by atoms with Gasteiger partial charge in [-0.05, 0) is 32.4 Å². The number of rotatable bonds is 4. The number of fused-ring (bicyclic) bond motifs is 1. The van der Waals surface area contributed by atoms with Gasteiger partial charge in [0.05, 0.1) is 5.88 Å². The minimum Gasteiger partial charge on any atom is -0.352 e. The molecule has 2 amide bonds. The number of aromatic nitrogens is 2. The molecule has 0 spiro atoms. The van der Waals surface area contributed by atoms with Crippen LogP contribution in [0.5, 0.6) is 0 Å². The molecule has 2 atom stereocenters. The van der Waals surface area contributed by atoms with Gasteiger partial charge in [0.15, 0.2) is 0 Å². The summed E-state index contributed by atoms with van der Waals surface area (Å²) in [6.45, 7) is 5.96. The average molecular weight is 346 g/mol. The van der Waals surface area contributed by atoms with E-state index >= 15 is 0 Å². The predicted octanol–water partition coefficient (Wildman–Crippen LogP) is 2.07. The van der Waals surface area contributed by atoms with E-state index in [0.717, 1.165) is 17.8 Å². The van der Waals surface area contributed by atoms with E-state index in [1.54, 1.807) is 22.9 Å². The molecule has 0 bridgehead atoms. The van der Waals surface area contributed by atoms with E-state index in [1.807, 2.05) is 43.4 Å². The lowest BCUT2D eigenvalue weighted by atomic mass is 10.2. The quantitative estimate of drug-likeness (QED) is 0.920. The molecule has 1 fully saturated rings. The molecule has 1 saturated heterocycles. The zero-order valence-corrected chi connectivity index (χ0v) is 15.0. The molecular formula is C17H22N4O2S. The third-order valence-electron chi connectivity index (χ3n) is 4.36. The summed E-state index contributed by atoms with van der Waals surface area (Å²) in [5.74, 6) is 0.875. The Kier molecular flexibility index (Phi) is 4.80. The molecule has 2 aromatic heterocycles. The van der Waals surface area contributed by atoms with E-state index in [0.29, 0.717) is 17.3 Å². The lowest BCUT2D eigenvalue weighted by Gasteiger charge is -2.23. The van der Waals surface area contributed by atoms with Crippen LogP contribution in [0, 0.1) is 6.92 Å². The highest BCUT2D eigenvalue weighted by atomic mass is 32.2. The maximum absolute atomic E-state index is 12.9. The largest absolute Gasteiger partial charge is 0.352 e. The van der Waals surface area contributed by atoms with Gasteiger partial charge in [-0.3, -0.25) is 9.59 Å². The van der Waals surface area contributed by atoms with Crippen LogP contribution in [0.3, 0.4) is 0 Å². The molecule has 1 N–H and O–H groups in total. The van der Waals surface area contributed by atoms with Crippen molar-refractivity contribution in [3.63, 3.8) is 0 Å². The Morgan fingerprint density at radius 2 is 2.25 bits per heavy atom. The summed E-state index contributed by atoms with van der Waals surface area (Å²) in [4.78, 5) is 31.3. The highest BCUT2D eigenvalue weighted by Gasteiger charge is 2.36. The van der Waals surface area contributed by atoms with E-state index in [1.165, 1.54) is 0 Å². The summed E-state index contributed by atoms with van der Waals surface area (Å²) >= 11 is 1.60. The molecule has 6 nitrogen and oxygen atoms in total. The number of carbonyl (C=O) groups is 2. The van der Waals surface area contributed by atoms with Gasteiger partial charge in [0.2, 0.25) is 5.91 Å². The summed E-state index contributed by atoms with van der Waals surface area (Å²) in [5.41, 5.74) is 2.14. The molecule has 2 aromatic rings. The van der Waals surface area contributed by atoms with Gasteiger partial charge in [0.1, 0.15) is 17.4 Å². The summed E-state index contributed by atoms with van der Waals surface area (Å²) < 4.78 is 1.89. The van der Waals surface area contributed by atoms with E-state index in [-0.39, 0.29) is 17.9 Å². The Morgan fingerprint density at radius 1 is 1.46 bits per heavy atom. The van der Waals surface area contributed by atoms with Gasteiger partial charge in [-0.1, -0.05) is 13.0 Å². The Bertz CT molecular complexity index is 773. The number of amides is 2. The number of nitrogens with one attached hydrogen (secondary N) is 1. The molecule has 0 aliphatic carbocycles. The van der Waals surface area contributed by atoms with Crippen LogP contribution in [0.1, 0.15) is 36.5 Å². The first-order valence-electron chi connectivity index (χ1n) is 8.15. The number of nitrogens with zero attached hydrogens (tertiary/aromatic N) is 3. The fourth-order valence-corrected chi connectivity index (χ4v) is 3.85. The Labute approximate surface area is 145 Å². The molecule has 7 heteroatoms. The Balaban J connectivity index is 1.82. The van der Waals surface area contributed by atoms with Gasteiger partial charge in [0.25, 0.3) is 5.91 Å². The smallest absolute Gasteiger partial charge is 0.275 e. The molecular weight excluding hydrogens is 324 g/mol. The first-order chi connectivity index (χ1) is 11.5. The molecule has 0 unspecified atom stereocenters. The molecule has 3 heterocycles. The summed E-state index contributed by atoms with van der Waals surface area (Å²) in [6, 6.07) is 5.44. The summed E-state index contributed by atoms with van der Waals surface area (Å²) in [7, 11) is 0. The van der Waals surface area contributed by atoms with Gasteiger partial charge < -0.3 is 14.6 Å². The molecule has 1 aliphatic heterocycles. The minimum absolute atomic E-state index is 0.0809. The highest BCUT2D eigenvalue weighted by molar-refractivity contribution is 7.99. The number of aryl methyl sites for hydroxylation is 1. The molecule has 0 aromatic carbocycles. The topological polar surface area (TPSA) is 66.7 Å². The Hall–Kier alpha value is -2.02. The number of pyridine rings is 1. The van der Waals surface area contributed by atoms with Crippen LogP contribution in [0.15, 0.2) is 24.4 Å². The number of thioether (sulfide) groups is 1. The second kappa shape index (κ2) is 6.84. The van der Waals surface area contributed by atoms with Crippen molar-refractivity contribution in [3.05, 3.63) is 35.8 Å². The first-order valence-corrected chi connectivity index (χ1v) is 9.30.